The number of H-pyrrole nitrogens is 1. The number of benzene rings is 1. The SMILES string of the molecule is O=c1ccc(-c2cc(CC3(O)CCC(Cc4ccc(Cl)cc4)CC3)no2)c[nH]1. The summed E-state index contributed by atoms with van der Waals surface area (Å²) in [5.41, 5.74) is 1.89. The fourth-order valence-electron chi connectivity index (χ4n) is 3.98. The summed E-state index contributed by atoms with van der Waals surface area (Å²) >= 11 is 5.95. The van der Waals surface area contributed by atoms with Crippen LogP contribution in [0.2, 0.25) is 5.02 Å². The summed E-state index contributed by atoms with van der Waals surface area (Å²) in [6.45, 7) is 0. The molecule has 28 heavy (non-hydrogen) atoms. The van der Waals surface area contributed by atoms with E-state index in [4.69, 9.17) is 16.1 Å². The Morgan fingerprint density at radius 3 is 2.61 bits per heavy atom. The normalized spacial score (nSPS) is 22.3. The predicted molar refractivity (Wildman–Crippen MR) is 108 cm³/mol. The highest BCUT2D eigenvalue weighted by atomic mass is 35.5. The Hall–Kier alpha value is -2.37. The van der Waals surface area contributed by atoms with E-state index >= 15 is 0 Å². The Bertz CT molecular complexity index is 965. The summed E-state index contributed by atoms with van der Waals surface area (Å²) in [5.74, 6) is 1.17. The molecule has 3 aromatic rings. The molecule has 0 radical (unpaired) electrons. The van der Waals surface area contributed by atoms with Crippen LogP contribution in [-0.2, 0) is 12.8 Å². The van der Waals surface area contributed by atoms with Gasteiger partial charge in [-0.15, -0.1) is 0 Å². The fourth-order valence-corrected chi connectivity index (χ4v) is 4.11. The highest BCUT2D eigenvalue weighted by Crippen LogP contribution is 2.36. The van der Waals surface area contributed by atoms with Gasteiger partial charge < -0.3 is 14.6 Å². The van der Waals surface area contributed by atoms with Crippen molar-refractivity contribution in [2.75, 3.05) is 0 Å². The molecular formula is C22H23ClN2O3. The van der Waals surface area contributed by atoms with Gasteiger partial charge in [0.15, 0.2) is 5.76 Å². The monoisotopic (exact) mass is 398 g/mol. The Labute approximate surface area is 168 Å². The van der Waals surface area contributed by atoms with E-state index in [0.29, 0.717) is 18.1 Å². The average Bonchev–Trinajstić information content (AvgIpc) is 3.14. The number of nitrogens with zero attached hydrogens (tertiary/aromatic N) is 1. The molecule has 1 saturated carbocycles. The second kappa shape index (κ2) is 7.94. The molecule has 0 saturated heterocycles. The van der Waals surface area contributed by atoms with Crippen LogP contribution in [0.3, 0.4) is 0 Å². The summed E-state index contributed by atoms with van der Waals surface area (Å²) in [5, 5.41) is 15.9. The van der Waals surface area contributed by atoms with Gasteiger partial charge in [-0.1, -0.05) is 28.9 Å². The van der Waals surface area contributed by atoms with Crippen molar-refractivity contribution in [1.82, 2.24) is 10.1 Å². The molecular weight excluding hydrogens is 376 g/mol. The quantitative estimate of drug-likeness (QED) is 0.668. The molecule has 0 unspecified atom stereocenters. The van der Waals surface area contributed by atoms with Gasteiger partial charge in [0.05, 0.1) is 11.3 Å². The number of hydrogen-bond acceptors (Lipinski definition) is 4. The van der Waals surface area contributed by atoms with Crippen molar-refractivity contribution in [2.24, 2.45) is 5.92 Å². The minimum absolute atomic E-state index is 0.159. The van der Waals surface area contributed by atoms with Gasteiger partial charge in [-0.05, 0) is 61.8 Å². The number of nitrogens with one attached hydrogen (secondary N) is 1. The maximum atomic E-state index is 11.2. The summed E-state index contributed by atoms with van der Waals surface area (Å²) in [7, 11) is 0. The van der Waals surface area contributed by atoms with Crippen molar-refractivity contribution < 1.29 is 9.63 Å². The molecule has 2 N–H and O–H groups in total. The van der Waals surface area contributed by atoms with Crippen LogP contribution in [0.5, 0.6) is 0 Å². The predicted octanol–water partition coefficient (Wildman–Crippen LogP) is 4.39. The Balaban J connectivity index is 1.35. The van der Waals surface area contributed by atoms with Crippen molar-refractivity contribution in [3.63, 3.8) is 0 Å². The zero-order valence-electron chi connectivity index (χ0n) is 15.5. The van der Waals surface area contributed by atoms with E-state index in [9.17, 15) is 9.90 Å². The van der Waals surface area contributed by atoms with Gasteiger partial charge in [-0.25, -0.2) is 0 Å². The van der Waals surface area contributed by atoms with Crippen LogP contribution in [-0.4, -0.2) is 20.8 Å². The molecule has 2 heterocycles. The standard InChI is InChI=1S/C22H23ClN2O3/c23-18-4-1-15(2-5-18)11-16-7-9-22(27,10-8-16)13-19-12-20(28-25-19)17-3-6-21(26)24-14-17/h1-6,12,14,16,27H,7-11,13H2,(H,24,26). The molecule has 0 bridgehead atoms. The fraction of sp³-hybridized carbons (Fsp3) is 0.364. The van der Waals surface area contributed by atoms with Crippen LogP contribution in [0.25, 0.3) is 11.3 Å². The molecule has 5 nitrogen and oxygen atoms in total. The van der Waals surface area contributed by atoms with Gasteiger partial charge in [0.25, 0.3) is 0 Å². The second-order valence-corrected chi connectivity index (χ2v) is 8.24. The number of aromatic nitrogens is 2. The third kappa shape index (κ3) is 4.54. The van der Waals surface area contributed by atoms with Crippen LogP contribution in [0, 0.1) is 5.92 Å². The molecule has 0 spiro atoms. The van der Waals surface area contributed by atoms with Gasteiger partial charge in [-0.2, -0.15) is 0 Å². The third-order valence-electron chi connectivity index (χ3n) is 5.61. The van der Waals surface area contributed by atoms with Crippen molar-refractivity contribution >= 4 is 11.6 Å². The minimum Gasteiger partial charge on any atom is -0.389 e. The number of aromatic amines is 1. The number of aliphatic hydroxyl groups is 1. The molecule has 0 amide bonds. The van der Waals surface area contributed by atoms with E-state index in [2.05, 4.69) is 22.3 Å². The second-order valence-electron chi connectivity index (χ2n) is 7.80. The van der Waals surface area contributed by atoms with E-state index in [1.54, 1.807) is 12.3 Å². The molecule has 4 rings (SSSR count). The molecule has 1 aliphatic rings. The van der Waals surface area contributed by atoms with Crippen LogP contribution in [0.4, 0.5) is 0 Å². The lowest BCUT2D eigenvalue weighted by atomic mass is 9.75. The van der Waals surface area contributed by atoms with Crippen LogP contribution in [0.15, 0.2) is 58.0 Å². The van der Waals surface area contributed by atoms with Crippen molar-refractivity contribution in [2.45, 2.75) is 44.1 Å². The zero-order chi connectivity index (χ0) is 19.6. The maximum absolute atomic E-state index is 11.2. The Morgan fingerprint density at radius 1 is 1.18 bits per heavy atom. The first-order valence-electron chi connectivity index (χ1n) is 9.61. The summed E-state index contributed by atoms with van der Waals surface area (Å²) < 4.78 is 5.39. The molecule has 0 aliphatic heterocycles. The third-order valence-corrected chi connectivity index (χ3v) is 5.86. The van der Waals surface area contributed by atoms with Crippen LogP contribution >= 0.6 is 11.6 Å². The lowest BCUT2D eigenvalue weighted by molar-refractivity contribution is -0.0100. The van der Waals surface area contributed by atoms with E-state index in [1.165, 1.54) is 11.6 Å². The molecule has 2 aromatic heterocycles. The molecule has 1 aliphatic carbocycles. The van der Waals surface area contributed by atoms with Gasteiger partial charge in [0, 0.05) is 35.3 Å². The van der Waals surface area contributed by atoms with Crippen LogP contribution < -0.4 is 5.56 Å². The topological polar surface area (TPSA) is 79.1 Å². The van der Waals surface area contributed by atoms with Gasteiger partial charge in [-0.3, -0.25) is 4.79 Å². The minimum atomic E-state index is -0.740. The highest BCUT2D eigenvalue weighted by Gasteiger charge is 2.34. The summed E-state index contributed by atoms with van der Waals surface area (Å²) in [6, 6.07) is 13.0. The first-order valence-corrected chi connectivity index (χ1v) is 9.98. The molecule has 1 aromatic carbocycles. The molecule has 6 heteroatoms. The lowest BCUT2D eigenvalue weighted by Crippen LogP contribution is -2.36. The number of halogens is 1. The number of pyridine rings is 1. The van der Waals surface area contributed by atoms with Crippen LogP contribution in [0.1, 0.15) is 36.9 Å². The highest BCUT2D eigenvalue weighted by molar-refractivity contribution is 6.30. The first kappa shape index (κ1) is 19.0. The smallest absolute Gasteiger partial charge is 0.247 e. The summed E-state index contributed by atoms with van der Waals surface area (Å²) in [4.78, 5) is 13.8. The van der Waals surface area contributed by atoms with Crippen molar-refractivity contribution in [1.29, 1.82) is 0 Å². The molecule has 1 fully saturated rings. The van der Waals surface area contributed by atoms with E-state index in [-0.39, 0.29) is 5.56 Å². The first-order chi connectivity index (χ1) is 13.5. The van der Waals surface area contributed by atoms with E-state index in [0.717, 1.165) is 48.4 Å². The maximum Gasteiger partial charge on any atom is 0.247 e. The molecule has 0 atom stereocenters. The largest absolute Gasteiger partial charge is 0.389 e. The lowest BCUT2D eigenvalue weighted by Gasteiger charge is -2.35. The van der Waals surface area contributed by atoms with E-state index in [1.807, 2.05) is 18.2 Å². The number of hydrogen-bond donors (Lipinski definition) is 2. The number of rotatable bonds is 5. The zero-order valence-corrected chi connectivity index (χ0v) is 16.3. The van der Waals surface area contributed by atoms with Gasteiger partial charge in [0.1, 0.15) is 0 Å². The summed E-state index contributed by atoms with van der Waals surface area (Å²) in [6.07, 6.45) is 6.59. The van der Waals surface area contributed by atoms with Gasteiger partial charge in [0.2, 0.25) is 5.56 Å². The average molecular weight is 399 g/mol. The van der Waals surface area contributed by atoms with Crippen molar-refractivity contribution in [3.05, 3.63) is 75.3 Å². The Morgan fingerprint density at radius 2 is 1.93 bits per heavy atom. The Kier molecular flexibility index (Phi) is 5.38. The molecule has 146 valence electrons. The van der Waals surface area contributed by atoms with E-state index < -0.39 is 5.60 Å². The van der Waals surface area contributed by atoms with Gasteiger partial charge >= 0.3 is 0 Å². The van der Waals surface area contributed by atoms with Crippen molar-refractivity contribution in [3.8, 4) is 11.3 Å².